The molecule has 1 N–H and O–H groups in total. The van der Waals surface area contributed by atoms with Crippen LogP contribution in [0.3, 0.4) is 0 Å². The minimum Gasteiger partial charge on any atom is -0.488 e. The molecule has 0 spiro atoms. The Kier molecular flexibility index (Phi) is 6.36. The van der Waals surface area contributed by atoms with E-state index in [0.717, 1.165) is 43.1 Å². The summed E-state index contributed by atoms with van der Waals surface area (Å²) in [5.74, 6) is -0.915. The summed E-state index contributed by atoms with van der Waals surface area (Å²) in [6, 6.07) is 30.0. The number of benzene rings is 5. The molecule has 6 rings (SSSR count). The number of barbiturate groups is 1. The zero-order valence-corrected chi connectivity index (χ0v) is 22.1. The van der Waals surface area contributed by atoms with Gasteiger partial charge in [-0.1, -0.05) is 84.4 Å². The molecule has 5 aromatic rings. The van der Waals surface area contributed by atoms with Gasteiger partial charge in [0.1, 0.15) is 17.9 Å². The largest absolute Gasteiger partial charge is 0.488 e. The molecule has 1 saturated heterocycles. The highest BCUT2D eigenvalue weighted by molar-refractivity contribution is 6.39. The van der Waals surface area contributed by atoms with Crippen molar-refractivity contribution in [3.63, 3.8) is 0 Å². The number of anilines is 1. The summed E-state index contributed by atoms with van der Waals surface area (Å²) in [7, 11) is 0. The number of carbonyl (C=O) groups is 3. The summed E-state index contributed by atoms with van der Waals surface area (Å²) < 4.78 is 6.41. The van der Waals surface area contributed by atoms with Crippen LogP contribution in [0.1, 0.15) is 22.3 Å². The van der Waals surface area contributed by atoms with Crippen molar-refractivity contribution >= 4 is 51.2 Å². The van der Waals surface area contributed by atoms with E-state index in [-0.39, 0.29) is 5.57 Å². The van der Waals surface area contributed by atoms with E-state index in [1.54, 1.807) is 12.1 Å². The van der Waals surface area contributed by atoms with Crippen LogP contribution in [-0.2, 0) is 16.2 Å². The molecule has 6 nitrogen and oxygen atoms in total. The number of imide groups is 2. The first-order chi connectivity index (χ1) is 19.4. The third-order valence-corrected chi connectivity index (χ3v) is 7.26. The van der Waals surface area contributed by atoms with E-state index in [9.17, 15) is 14.4 Å². The van der Waals surface area contributed by atoms with E-state index < -0.39 is 17.8 Å². The molecule has 0 atom stereocenters. The summed E-state index contributed by atoms with van der Waals surface area (Å²) in [5.41, 5.74) is 3.98. The second kappa shape index (κ2) is 10.2. The highest BCUT2D eigenvalue weighted by Gasteiger charge is 2.37. The van der Waals surface area contributed by atoms with Gasteiger partial charge < -0.3 is 4.74 Å². The SMILES string of the molecule is Cc1ccc(N2C(=O)NC(=O)/C(=C\c3c(OCc4c(C)ccc5ccccc45)ccc4ccccc34)C2=O)cc1. The molecule has 1 fully saturated rings. The molecule has 5 aromatic carbocycles. The third kappa shape index (κ3) is 4.50. The molecule has 1 aliphatic heterocycles. The molecule has 1 heterocycles. The smallest absolute Gasteiger partial charge is 0.335 e. The lowest BCUT2D eigenvalue weighted by Crippen LogP contribution is -2.54. The number of urea groups is 1. The minimum atomic E-state index is -0.781. The van der Waals surface area contributed by atoms with Crippen molar-refractivity contribution in [2.24, 2.45) is 0 Å². The monoisotopic (exact) mass is 526 g/mol. The maximum absolute atomic E-state index is 13.6. The molecule has 40 heavy (non-hydrogen) atoms. The van der Waals surface area contributed by atoms with Crippen molar-refractivity contribution in [2.45, 2.75) is 20.5 Å². The predicted molar refractivity (Wildman–Crippen MR) is 157 cm³/mol. The highest BCUT2D eigenvalue weighted by atomic mass is 16.5. The number of hydrogen-bond acceptors (Lipinski definition) is 4. The van der Waals surface area contributed by atoms with Crippen LogP contribution in [0.2, 0.25) is 0 Å². The quantitative estimate of drug-likeness (QED) is 0.201. The predicted octanol–water partition coefficient (Wildman–Crippen LogP) is 6.86. The Hall–Kier alpha value is -5.23. The van der Waals surface area contributed by atoms with E-state index in [2.05, 4.69) is 36.5 Å². The van der Waals surface area contributed by atoms with E-state index in [0.29, 0.717) is 23.6 Å². The number of amides is 4. The number of hydrogen-bond donors (Lipinski definition) is 1. The van der Waals surface area contributed by atoms with Crippen LogP contribution >= 0.6 is 0 Å². The van der Waals surface area contributed by atoms with Crippen LogP contribution in [0.5, 0.6) is 5.75 Å². The lowest BCUT2D eigenvalue weighted by atomic mass is 9.99. The summed E-state index contributed by atoms with van der Waals surface area (Å²) in [6.07, 6.45) is 1.53. The first-order valence-corrected chi connectivity index (χ1v) is 13.0. The van der Waals surface area contributed by atoms with Crippen molar-refractivity contribution in [1.82, 2.24) is 5.32 Å². The first kappa shape index (κ1) is 25.1. The Morgan fingerprint density at radius 1 is 0.750 bits per heavy atom. The van der Waals surface area contributed by atoms with E-state index in [4.69, 9.17) is 4.74 Å². The molecule has 0 bridgehead atoms. The summed E-state index contributed by atoms with van der Waals surface area (Å²) in [5, 5.41) is 6.30. The summed E-state index contributed by atoms with van der Waals surface area (Å²) in [4.78, 5) is 40.3. The molecular formula is C34H26N2O4. The summed E-state index contributed by atoms with van der Waals surface area (Å²) >= 11 is 0. The molecular weight excluding hydrogens is 500 g/mol. The third-order valence-electron chi connectivity index (χ3n) is 7.26. The van der Waals surface area contributed by atoms with Gasteiger partial charge in [-0.2, -0.15) is 0 Å². The lowest BCUT2D eigenvalue weighted by Gasteiger charge is -2.26. The van der Waals surface area contributed by atoms with Gasteiger partial charge in [0, 0.05) is 11.1 Å². The van der Waals surface area contributed by atoms with Crippen molar-refractivity contribution in [1.29, 1.82) is 0 Å². The van der Waals surface area contributed by atoms with Crippen molar-refractivity contribution < 1.29 is 19.1 Å². The zero-order chi connectivity index (χ0) is 27.8. The molecule has 0 radical (unpaired) electrons. The maximum atomic E-state index is 13.6. The first-order valence-electron chi connectivity index (χ1n) is 13.0. The number of nitrogens with one attached hydrogen (secondary N) is 1. The van der Waals surface area contributed by atoms with Crippen LogP contribution in [0.15, 0.2) is 103 Å². The lowest BCUT2D eigenvalue weighted by molar-refractivity contribution is -0.122. The van der Waals surface area contributed by atoms with Crippen molar-refractivity contribution in [3.05, 3.63) is 125 Å². The Morgan fingerprint density at radius 2 is 1.40 bits per heavy atom. The van der Waals surface area contributed by atoms with Gasteiger partial charge in [-0.15, -0.1) is 0 Å². The Bertz CT molecular complexity index is 1850. The van der Waals surface area contributed by atoms with Gasteiger partial charge in [0.05, 0.1) is 5.69 Å². The van der Waals surface area contributed by atoms with Crippen LogP contribution < -0.4 is 15.0 Å². The highest BCUT2D eigenvalue weighted by Crippen LogP contribution is 2.33. The van der Waals surface area contributed by atoms with Crippen LogP contribution in [0.4, 0.5) is 10.5 Å². The molecule has 1 aliphatic rings. The average Bonchev–Trinajstić information content (AvgIpc) is 2.96. The van der Waals surface area contributed by atoms with Gasteiger partial charge >= 0.3 is 6.03 Å². The Morgan fingerprint density at radius 3 is 2.15 bits per heavy atom. The van der Waals surface area contributed by atoms with Crippen molar-refractivity contribution in [3.8, 4) is 5.75 Å². The molecule has 0 saturated carbocycles. The fourth-order valence-corrected chi connectivity index (χ4v) is 5.07. The van der Waals surface area contributed by atoms with E-state index >= 15 is 0 Å². The normalized spacial score (nSPS) is 14.7. The van der Waals surface area contributed by atoms with Gasteiger partial charge in [0.15, 0.2) is 0 Å². The Balaban J connectivity index is 1.44. The van der Waals surface area contributed by atoms with Crippen LogP contribution in [-0.4, -0.2) is 17.8 Å². The van der Waals surface area contributed by atoms with E-state index in [1.807, 2.05) is 67.6 Å². The summed E-state index contributed by atoms with van der Waals surface area (Å²) in [6.45, 7) is 4.27. The van der Waals surface area contributed by atoms with Crippen molar-refractivity contribution in [2.75, 3.05) is 4.90 Å². The van der Waals surface area contributed by atoms with Gasteiger partial charge in [0.2, 0.25) is 0 Å². The maximum Gasteiger partial charge on any atom is 0.335 e. The number of carbonyl (C=O) groups excluding carboxylic acids is 3. The van der Waals surface area contributed by atoms with Gasteiger partial charge in [-0.25, -0.2) is 9.69 Å². The standard InChI is InChI=1S/C34H26N2O4/c1-21-11-16-25(17-12-21)36-33(38)29(32(37)35-34(36)39)19-28-26-9-5-3-8-24(26)15-18-31(28)40-20-30-22(2)13-14-23-7-4-6-10-27(23)30/h3-19H,20H2,1-2H3,(H,35,37,39)/b29-19+. The number of fused-ring (bicyclic) bond motifs is 2. The van der Waals surface area contributed by atoms with E-state index in [1.165, 1.54) is 6.08 Å². The molecule has 6 heteroatoms. The van der Waals surface area contributed by atoms with Crippen LogP contribution in [0, 0.1) is 13.8 Å². The van der Waals surface area contributed by atoms with Gasteiger partial charge in [-0.3, -0.25) is 14.9 Å². The molecule has 4 amide bonds. The topological polar surface area (TPSA) is 75.7 Å². The molecule has 0 unspecified atom stereocenters. The van der Waals surface area contributed by atoms with Gasteiger partial charge in [0.25, 0.3) is 11.8 Å². The fourth-order valence-electron chi connectivity index (χ4n) is 5.07. The molecule has 196 valence electrons. The second-order valence-corrected chi connectivity index (χ2v) is 9.86. The minimum absolute atomic E-state index is 0.150. The van der Waals surface area contributed by atoms with Gasteiger partial charge in [-0.05, 0) is 65.2 Å². The zero-order valence-electron chi connectivity index (χ0n) is 22.1. The Labute approximate surface area is 231 Å². The number of rotatable bonds is 5. The molecule has 0 aromatic heterocycles. The number of nitrogens with zero attached hydrogens (tertiary/aromatic N) is 1. The fraction of sp³-hybridized carbons (Fsp3) is 0.0882. The number of aryl methyl sites for hydroxylation is 2. The van der Waals surface area contributed by atoms with Crippen LogP contribution in [0.25, 0.3) is 27.6 Å². The second-order valence-electron chi connectivity index (χ2n) is 9.86. The number of ether oxygens (including phenoxy) is 1. The molecule has 0 aliphatic carbocycles. The average molecular weight is 527 g/mol.